The smallest absolute Gasteiger partial charge is 0.242 e. The van der Waals surface area contributed by atoms with Crippen LogP contribution in [0.25, 0.3) is 6.08 Å². The third-order valence-electron chi connectivity index (χ3n) is 5.86. The van der Waals surface area contributed by atoms with E-state index in [0.29, 0.717) is 6.54 Å². The van der Waals surface area contributed by atoms with Gasteiger partial charge in [0.2, 0.25) is 11.8 Å². The maximum Gasteiger partial charge on any atom is 0.242 e. The minimum atomic E-state index is -0.226. The summed E-state index contributed by atoms with van der Waals surface area (Å²) in [6.07, 6.45) is 7.60. The Labute approximate surface area is 170 Å². The number of rotatable bonds is 5. The van der Waals surface area contributed by atoms with Crippen molar-refractivity contribution in [2.75, 3.05) is 19.7 Å². The van der Waals surface area contributed by atoms with E-state index in [1.54, 1.807) is 28.3 Å². The molecule has 2 aliphatic rings. The minimum absolute atomic E-state index is 0.0256. The van der Waals surface area contributed by atoms with E-state index in [1.165, 1.54) is 0 Å². The number of carbonyl (C=O) groups excluding carboxylic acids is 2. The molecule has 1 aromatic heterocycles. The van der Waals surface area contributed by atoms with Crippen molar-refractivity contribution in [3.8, 4) is 0 Å². The number of nitrogens with zero attached hydrogens (tertiary/aromatic N) is 3. The van der Waals surface area contributed by atoms with E-state index in [2.05, 4.69) is 17.1 Å². The number of fused-ring (bicyclic) bond motifs is 1. The summed E-state index contributed by atoms with van der Waals surface area (Å²) >= 11 is 0. The molecule has 3 heterocycles. The van der Waals surface area contributed by atoms with E-state index >= 15 is 0 Å². The Balaban J connectivity index is 1.52. The molecule has 150 valence electrons. The fourth-order valence-electron chi connectivity index (χ4n) is 4.50. The number of allylic oxidation sites excluding steroid dienone is 1. The third kappa shape index (κ3) is 3.68. The molecule has 6 heteroatoms. The van der Waals surface area contributed by atoms with Crippen molar-refractivity contribution >= 4 is 17.9 Å². The molecule has 1 aromatic carbocycles. The van der Waals surface area contributed by atoms with Gasteiger partial charge in [-0.15, -0.1) is 0 Å². The van der Waals surface area contributed by atoms with E-state index in [0.717, 1.165) is 16.7 Å². The van der Waals surface area contributed by atoms with E-state index in [4.69, 9.17) is 0 Å². The Hall–Kier alpha value is -2.99. The molecule has 0 aliphatic carbocycles. The number of hydrogen-bond acceptors (Lipinski definition) is 4. The van der Waals surface area contributed by atoms with Crippen LogP contribution < -0.4 is 0 Å². The van der Waals surface area contributed by atoms with Crippen molar-refractivity contribution < 1.29 is 14.7 Å². The maximum atomic E-state index is 12.8. The predicted molar refractivity (Wildman–Crippen MR) is 110 cm³/mol. The Morgan fingerprint density at radius 2 is 2.07 bits per heavy atom. The summed E-state index contributed by atoms with van der Waals surface area (Å²) < 4.78 is 0. The van der Waals surface area contributed by atoms with Crippen LogP contribution in [0.3, 0.4) is 0 Å². The molecule has 4 rings (SSSR count). The molecule has 3 atom stereocenters. The van der Waals surface area contributed by atoms with Gasteiger partial charge in [0, 0.05) is 24.9 Å². The topological polar surface area (TPSA) is 73.7 Å². The average Bonchev–Trinajstić information content (AvgIpc) is 2.71. The Morgan fingerprint density at radius 3 is 2.72 bits per heavy atom. The molecule has 6 nitrogen and oxygen atoms in total. The van der Waals surface area contributed by atoms with Crippen LogP contribution in [0.5, 0.6) is 0 Å². The third-order valence-corrected chi connectivity index (χ3v) is 5.86. The van der Waals surface area contributed by atoms with E-state index in [-0.39, 0.29) is 49.4 Å². The van der Waals surface area contributed by atoms with Crippen LogP contribution in [-0.4, -0.2) is 63.5 Å². The van der Waals surface area contributed by atoms with Crippen LogP contribution in [0.2, 0.25) is 0 Å². The van der Waals surface area contributed by atoms with Gasteiger partial charge in [-0.2, -0.15) is 0 Å². The van der Waals surface area contributed by atoms with E-state index in [9.17, 15) is 14.7 Å². The molecular weight excluding hydrogens is 366 g/mol. The first-order valence-electron chi connectivity index (χ1n) is 9.93. The first kappa shape index (κ1) is 19.3. The second kappa shape index (κ2) is 8.17. The SMILES string of the molecule is C/C=C/c1ccc([C@H]2[C@@H](CO)N3C(=O)CN(C(=O)Cc4cccnc4)C[C@@H]23)cc1. The number of hydrogen-bond donors (Lipinski definition) is 1. The van der Waals surface area contributed by atoms with Crippen LogP contribution in [0.4, 0.5) is 0 Å². The first-order chi connectivity index (χ1) is 14.1. The molecule has 29 heavy (non-hydrogen) atoms. The molecule has 2 aromatic rings. The fraction of sp³-hybridized carbons (Fsp3) is 0.348. The largest absolute Gasteiger partial charge is 0.394 e. The molecule has 0 bridgehead atoms. The number of aromatic nitrogens is 1. The fourth-order valence-corrected chi connectivity index (χ4v) is 4.50. The normalized spacial score (nSPS) is 23.8. The van der Waals surface area contributed by atoms with Crippen LogP contribution in [-0.2, 0) is 16.0 Å². The number of amides is 2. The molecular formula is C23H25N3O3. The second-order valence-corrected chi connectivity index (χ2v) is 7.62. The van der Waals surface area contributed by atoms with Crippen LogP contribution in [0.15, 0.2) is 54.9 Å². The Morgan fingerprint density at radius 1 is 1.28 bits per heavy atom. The second-order valence-electron chi connectivity index (χ2n) is 7.62. The number of carbonyl (C=O) groups is 2. The van der Waals surface area contributed by atoms with Gasteiger partial charge in [-0.1, -0.05) is 42.5 Å². The highest BCUT2D eigenvalue weighted by molar-refractivity contribution is 5.88. The zero-order valence-corrected chi connectivity index (χ0v) is 16.4. The van der Waals surface area contributed by atoms with Crippen LogP contribution in [0.1, 0.15) is 29.5 Å². The average molecular weight is 391 g/mol. The lowest BCUT2D eigenvalue weighted by Crippen LogP contribution is -2.73. The minimum Gasteiger partial charge on any atom is -0.394 e. The van der Waals surface area contributed by atoms with Gasteiger partial charge in [0.1, 0.15) is 0 Å². The molecule has 0 saturated carbocycles. The van der Waals surface area contributed by atoms with E-state index < -0.39 is 0 Å². The summed E-state index contributed by atoms with van der Waals surface area (Å²) in [4.78, 5) is 32.9. The van der Waals surface area contributed by atoms with Gasteiger partial charge in [0.05, 0.1) is 31.7 Å². The molecule has 2 aliphatic heterocycles. The number of pyridine rings is 1. The van der Waals surface area contributed by atoms with Crippen molar-refractivity contribution in [2.24, 2.45) is 0 Å². The van der Waals surface area contributed by atoms with Crippen molar-refractivity contribution in [2.45, 2.75) is 31.3 Å². The highest BCUT2D eigenvalue weighted by Gasteiger charge is 2.54. The van der Waals surface area contributed by atoms with E-state index in [1.807, 2.05) is 37.3 Å². The summed E-state index contributed by atoms with van der Waals surface area (Å²) in [7, 11) is 0. The van der Waals surface area contributed by atoms with Crippen molar-refractivity contribution in [1.29, 1.82) is 0 Å². The van der Waals surface area contributed by atoms with Gasteiger partial charge in [-0.3, -0.25) is 14.6 Å². The van der Waals surface area contributed by atoms with Gasteiger partial charge >= 0.3 is 0 Å². The van der Waals surface area contributed by atoms with Gasteiger partial charge < -0.3 is 14.9 Å². The number of aliphatic hydroxyl groups is 1. The molecule has 0 unspecified atom stereocenters. The molecule has 2 fully saturated rings. The van der Waals surface area contributed by atoms with Crippen LogP contribution in [0, 0.1) is 0 Å². The Bertz CT molecular complexity index is 911. The summed E-state index contributed by atoms with van der Waals surface area (Å²) in [6, 6.07) is 11.5. The molecule has 1 N–H and O–H groups in total. The molecule has 2 amide bonds. The monoisotopic (exact) mass is 391 g/mol. The lowest BCUT2D eigenvalue weighted by atomic mass is 9.73. The summed E-state index contributed by atoms with van der Waals surface area (Å²) in [6.45, 7) is 2.46. The van der Waals surface area contributed by atoms with Crippen molar-refractivity contribution in [1.82, 2.24) is 14.8 Å². The van der Waals surface area contributed by atoms with Crippen molar-refractivity contribution in [3.05, 3.63) is 71.6 Å². The first-order valence-corrected chi connectivity index (χ1v) is 9.93. The molecule has 0 radical (unpaired) electrons. The number of piperazine rings is 1. The zero-order valence-electron chi connectivity index (χ0n) is 16.4. The lowest BCUT2D eigenvalue weighted by molar-refractivity contribution is -0.166. The van der Waals surface area contributed by atoms with Gasteiger partial charge in [0.15, 0.2) is 0 Å². The van der Waals surface area contributed by atoms with Crippen LogP contribution >= 0.6 is 0 Å². The lowest BCUT2D eigenvalue weighted by Gasteiger charge is -2.58. The summed E-state index contributed by atoms with van der Waals surface area (Å²) in [5.41, 5.74) is 3.04. The highest BCUT2D eigenvalue weighted by atomic mass is 16.3. The predicted octanol–water partition coefficient (Wildman–Crippen LogP) is 1.85. The quantitative estimate of drug-likeness (QED) is 0.844. The standard InChI is InChI=1S/C23H25N3O3/c1-2-4-16-6-8-18(9-7-16)23-19-13-25(14-22(29)26(19)20(23)15-27)21(28)11-17-5-3-10-24-12-17/h2-10,12,19-20,23,27H,11,13-15H2,1H3/b4-2+/t19-,20+,23+/m0/s1. The number of benzene rings is 1. The molecule has 2 saturated heterocycles. The zero-order chi connectivity index (χ0) is 20.4. The van der Waals surface area contributed by atoms with Gasteiger partial charge in [-0.05, 0) is 29.7 Å². The molecule has 0 spiro atoms. The van der Waals surface area contributed by atoms with Crippen molar-refractivity contribution in [3.63, 3.8) is 0 Å². The Kier molecular flexibility index (Phi) is 5.45. The highest BCUT2D eigenvalue weighted by Crippen LogP contribution is 2.43. The summed E-state index contributed by atoms with van der Waals surface area (Å²) in [5, 5.41) is 9.89. The van der Waals surface area contributed by atoms with Gasteiger partial charge in [0.25, 0.3) is 0 Å². The van der Waals surface area contributed by atoms with Gasteiger partial charge in [-0.25, -0.2) is 0 Å². The maximum absolute atomic E-state index is 12.8. The number of aliphatic hydroxyl groups excluding tert-OH is 1. The summed E-state index contributed by atoms with van der Waals surface area (Å²) in [5.74, 6) is -0.139.